The van der Waals surface area contributed by atoms with Gasteiger partial charge in [-0.2, -0.15) is 4.98 Å². The molecule has 1 aromatic carbocycles. The standard InChI is InChI=1S/C20H21N3O4/c1-14-7-9-15(10-8-14)26-13-18-21-19(22-27-18)16-5-2-3-11-23(16)20(24)17-6-4-12-25-17/h4,6-10,12,16H,2-3,5,11,13H2,1H3. The van der Waals surface area contributed by atoms with Crippen molar-refractivity contribution in [3.8, 4) is 5.75 Å². The minimum atomic E-state index is -0.215. The number of hydrogen-bond acceptors (Lipinski definition) is 6. The number of carbonyl (C=O) groups is 1. The van der Waals surface area contributed by atoms with Crippen LogP contribution in [0.4, 0.5) is 0 Å². The molecule has 2 aromatic heterocycles. The Balaban J connectivity index is 1.45. The van der Waals surface area contributed by atoms with Crippen LogP contribution in [-0.4, -0.2) is 27.5 Å². The second-order valence-corrected chi connectivity index (χ2v) is 6.64. The Morgan fingerprint density at radius 1 is 1.26 bits per heavy atom. The van der Waals surface area contributed by atoms with E-state index in [0.717, 1.165) is 25.0 Å². The van der Waals surface area contributed by atoms with Crippen LogP contribution in [0.3, 0.4) is 0 Å². The van der Waals surface area contributed by atoms with Crippen molar-refractivity contribution in [2.75, 3.05) is 6.54 Å². The molecule has 4 rings (SSSR count). The Bertz CT molecular complexity index is 886. The molecule has 0 saturated carbocycles. The summed E-state index contributed by atoms with van der Waals surface area (Å²) in [4.78, 5) is 18.9. The highest BCUT2D eigenvalue weighted by molar-refractivity contribution is 5.91. The summed E-state index contributed by atoms with van der Waals surface area (Å²) in [5.41, 5.74) is 1.17. The summed E-state index contributed by atoms with van der Waals surface area (Å²) in [6.45, 7) is 2.86. The van der Waals surface area contributed by atoms with Crippen molar-refractivity contribution < 1.29 is 18.5 Å². The van der Waals surface area contributed by atoms with Crippen LogP contribution in [0.25, 0.3) is 0 Å². The number of ether oxygens (including phenoxy) is 1. The van der Waals surface area contributed by atoms with Crippen molar-refractivity contribution >= 4 is 5.91 Å². The minimum absolute atomic E-state index is 0.146. The number of carbonyl (C=O) groups excluding carboxylic acids is 1. The molecule has 0 N–H and O–H groups in total. The molecule has 1 amide bonds. The largest absolute Gasteiger partial charge is 0.484 e. The van der Waals surface area contributed by atoms with Crippen LogP contribution in [0, 0.1) is 6.92 Å². The number of rotatable bonds is 5. The second kappa shape index (κ2) is 7.65. The molecule has 7 nitrogen and oxygen atoms in total. The fourth-order valence-corrected chi connectivity index (χ4v) is 3.23. The average molecular weight is 367 g/mol. The van der Waals surface area contributed by atoms with Gasteiger partial charge in [-0.05, 0) is 50.5 Å². The number of furan rings is 1. The van der Waals surface area contributed by atoms with Gasteiger partial charge in [0.25, 0.3) is 11.8 Å². The van der Waals surface area contributed by atoms with Crippen LogP contribution in [0.5, 0.6) is 5.75 Å². The summed E-state index contributed by atoms with van der Waals surface area (Å²) in [5.74, 6) is 1.83. The van der Waals surface area contributed by atoms with E-state index in [2.05, 4.69) is 10.1 Å². The molecule has 3 heterocycles. The van der Waals surface area contributed by atoms with E-state index < -0.39 is 0 Å². The van der Waals surface area contributed by atoms with E-state index in [0.29, 0.717) is 24.0 Å². The predicted molar refractivity (Wildman–Crippen MR) is 96.1 cm³/mol. The lowest BCUT2D eigenvalue weighted by molar-refractivity contribution is 0.0564. The number of nitrogens with zero attached hydrogens (tertiary/aromatic N) is 3. The van der Waals surface area contributed by atoms with Crippen LogP contribution in [-0.2, 0) is 6.61 Å². The SMILES string of the molecule is Cc1ccc(OCc2nc(C3CCCCN3C(=O)c3ccco3)no2)cc1. The summed E-state index contributed by atoms with van der Waals surface area (Å²) in [5, 5.41) is 4.09. The fraction of sp³-hybridized carbons (Fsp3) is 0.350. The molecule has 0 spiro atoms. The van der Waals surface area contributed by atoms with Gasteiger partial charge in [0.2, 0.25) is 0 Å². The quantitative estimate of drug-likeness (QED) is 0.680. The monoisotopic (exact) mass is 367 g/mol. The first-order valence-corrected chi connectivity index (χ1v) is 9.07. The molecular weight excluding hydrogens is 346 g/mol. The lowest BCUT2D eigenvalue weighted by Crippen LogP contribution is -2.38. The Labute approximate surface area is 156 Å². The molecule has 27 heavy (non-hydrogen) atoms. The van der Waals surface area contributed by atoms with Crippen molar-refractivity contribution in [1.82, 2.24) is 15.0 Å². The summed E-state index contributed by atoms with van der Waals surface area (Å²) >= 11 is 0. The molecule has 140 valence electrons. The molecule has 0 radical (unpaired) electrons. The van der Waals surface area contributed by atoms with Gasteiger partial charge in [0.05, 0.1) is 12.3 Å². The van der Waals surface area contributed by atoms with Crippen molar-refractivity contribution in [2.45, 2.75) is 38.8 Å². The van der Waals surface area contributed by atoms with Crippen LogP contribution in [0.15, 0.2) is 51.6 Å². The maximum atomic E-state index is 12.7. The molecule has 1 saturated heterocycles. The number of aromatic nitrogens is 2. The summed E-state index contributed by atoms with van der Waals surface area (Å²) in [6.07, 6.45) is 4.26. The zero-order chi connectivity index (χ0) is 18.6. The zero-order valence-electron chi connectivity index (χ0n) is 15.1. The Morgan fingerprint density at radius 3 is 2.89 bits per heavy atom. The molecule has 1 aliphatic rings. The molecule has 1 unspecified atom stereocenters. The van der Waals surface area contributed by atoms with Gasteiger partial charge in [0.1, 0.15) is 5.75 Å². The van der Waals surface area contributed by atoms with Gasteiger partial charge in [-0.3, -0.25) is 4.79 Å². The van der Waals surface area contributed by atoms with Crippen LogP contribution in [0.2, 0.25) is 0 Å². The smallest absolute Gasteiger partial charge is 0.290 e. The van der Waals surface area contributed by atoms with Crippen LogP contribution in [0.1, 0.15) is 53.1 Å². The van der Waals surface area contributed by atoms with Crippen molar-refractivity contribution in [3.05, 3.63) is 65.7 Å². The maximum Gasteiger partial charge on any atom is 0.290 e. The highest BCUT2D eigenvalue weighted by atomic mass is 16.5. The third kappa shape index (κ3) is 3.86. The van der Waals surface area contributed by atoms with Gasteiger partial charge in [-0.25, -0.2) is 0 Å². The lowest BCUT2D eigenvalue weighted by Gasteiger charge is -2.33. The third-order valence-electron chi connectivity index (χ3n) is 4.66. The molecule has 3 aromatic rings. The summed E-state index contributed by atoms with van der Waals surface area (Å²) in [6, 6.07) is 10.9. The predicted octanol–water partition coefficient (Wildman–Crippen LogP) is 3.92. The minimum Gasteiger partial charge on any atom is -0.484 e. The van der Waals surface area contributed by atoms with Gasteiger partial charge in [-0.15, -0.1) is 0 Å². The number of hydrogen-bond donors (Lipinski definition) is 0. The van der Waals surface area contributed by atoms with Crippen molar-refractivity contribution in [2.24, 2.45) is 0 Å². The highest BCUT2D eigenvalue weighted by Gasteiger charge is 2.33. The van der Waals surface area contributed by atoms with Gasteiger partial charge in [-0.1, -0.05) is 22.9 Å². The molecule has 1 aliphatic heterocycles. The first-order chi connectivity index (χ1) is 13.2. The van der Waals surface area contributed by atoms with Gasteiger partial charge >= 0.3 is 0 Å². The van der Waals surface area contributed by atoms with Crippen LogP contribution >= 0.6 is 0 Å². The molecule has 1 atom stereocenters. The van der Waals surface area contributed by atoms with E-state index in [1.807, 2.05) is 31.2 Å². The van der Waals surface area contributed by atoms with E-state index in [1.165, 1.54) is 11.8 Å². The number of benzene rings is 1. The molecule has 0 bridgehead atoms. The average Bonchev–Trinajstić information content (AvgIpc) is 3.39. The van der Waals surface area contributed by atoms with E-state index in [1.54, 1.807) is 17.0 Å². The molecule has 0 aliphatic carbocycles. The molecular formula is C20H21N3O4. The Hall–Kier alpha value is -3.09. The highest BCUT2D eigenvalue weighted by Crippen LogP contribution is 2.30. The number of aryl methyl sites for hydroxylation is 1. The Kier molecular flexibility index (Phi) is 4.91. The molecule has 1 fully saturated rings. The molecule has 7 heteroatoms. The Morgan fingerprint density at radius 2 is 2.11 bits per heavy atom. The van der Waals surface area contributed by atoms with Crippen molar-refractivity contribution in [1.29, 1.82) is 0 Å². The van der Waals surface area contributed by atoms with Gasteiger partial charge < -0.3 is 18.6 Å². The van der Waals surface area contributed by atoms with E-state index >= 15 is 0 Å². The van der Waals surface area contributed by atoms with Crippen LogP contribution < -0.4 is 4.74 Å². The van der Waals surface area contributed by atoms with E-state index in [4.69, 9.17) is 13.7 Å². The normalized spacial score (nSPS) is 17.1. The first kappa shape index (κ1) is 17.3. The number of piperidine rings is 1. The third-order valence-corrected chi connectivity index (χ3v) is 4.66. The van der Waals surface area contributed by atoms with E-state index in [-0.39, 0.29) is 18.6 Å². The first-order valence-electron chi connectivity index (χ1n) is 9.07. The summed E-state index contributed by atoms with van der Waals surface area (Å²) < 4.78 is 16.3. The topological polar surface area (TPSA) is 81.6 Å². The second-order valence-electron chi connectivity index (χ2n) is 6.64. The van der Waals surface area contributed by atoms with Gasteiger partial charge in [0.15, 0.2) is 18.2 Å². The number of likely N-dealkylation sites (tertiary alicyclic amines) is 1. The lowest BCUT2D eigenvalue weighted by atomic mass is 10.0. The maximum absolute atomic E-state index is 12.7. The van der Waals surface area contributed by atoms with Gasteiger partial charge in [0, 0.05) is 6.54 Å². The van der Waals surface area contributed by atoms with E-state index in [9.17, 15) is 4.79 Å². The zero-order valence-corrected chi connectivity index (χ0v) is 15.1. The number of amides is 1. The fourth-order valence-electron chi connectivity index (χ4n) is 3.23. The summed E-state index contributed by atoms with van der Waals surface area (Å²) in [7, 11) is 0. The van der Waals surface area contributed by atoms with Crippen molar-refractivity contribution in [3.63, 3.8) is 0 Å².